The number of aryl methyl sites for hydroxylation is 1. The van der Waals surface area contributed by atoms with Crippen molar-refractivity contribution < 1.29 is 28.0 Å². The number of nitrogens with zero attached hydrogens (tertiary/aromatic N) is 3. The number of benzene rings is 2. The molecule has 0 aliphatic carbocycles. The number of carbonyl (C=O) groups excluding carboxylic acids is 2. The highest BCUT2D eigenvalue weighted by Gasteiger charge is 2.39. The maximum atomic E-state index is 15.1. The monoisotopic (exact) mass is 500 g/mol. The van der Waals surface area contributed by atoms with Crippen molar-refractivity contribution in [1.29, 1.82) is 0 Å². The number of rotatable bonds is 6. The lowest BCUT2D eigenvalue weighted by molar-refractivity contribution is 0.0915. The van der Waals surface area contributed by atoms with E-state index in [1.807, 2.05) is 0 Å². The summed E-state index contributed by atoms with van der Waals surface area (Å²) < 4.78 is 31.5. The number of nitrogens with one attached hydrogen (secondary N) is 1. The van der Waals surface area contributed by atoms with Crippen LogP contribution in [0.5, 0.6) is 5.75 Å². The zero-order chi connectivity index (χ0) is 24.5. The average molecular weight is 501 g/mol. The third-order valence-corrected chi connectivity index (χ3v) is 6.30. The van der Waals surface area contributed by atoms with Gasteiger partial charge in [0.2, 0.25) is 11.7 Å². The number of hydrogen-bond acceptors (Lipinski definition) is 7. The number of cyclic esters (lactones) is 1. The smallest absolute Gasteiger partial charge is 0.410 e. The maximum absolute atomic E-state index is 15.1. The topological polar surface area (TPSA) is 107 Å². The lowest BCUT2D eigenvalue weighted by Crippen LogP contribution is -2.44. The van der Waals surface area contributed by atoms with Gasteiger partial charge in [0.1, 0.15) is 24.3 Å². The minimum absolute atomic E-state index is 0.0836. The molecule has 11 heteroatoms. The number of ether oxygens (including phenoxy) is 2. The van der Waals surface area contributed by atoms with E-state index < -0.39 is 11.7 Å². The van der Waals surface area contributed by atoms with Crippen molar-refractivity contribution in [1.82, 2.24) is 20.4 Å². The molecule has 1 N–H and O–H groups in total. The van der Waals surface area contributed by atoms with Gasteiger partial charge in [-0.15, -0.1) is 0 Å². The predicted octanol–water partition coefficient (Wildman–Crippen LogP) is 4.13. The molecule has 0 unspecified atom stereocenters. The van der Waals surface area contributed by atoms with E-state index in [1.165, 1.54) is 12.1 Å². The van der Waals surface area contributed by atoms with Crippen molar-refractivity contribution in [2.24, 2.45) is 0 Å². The summed E-state index contributed by atoms with van der Waals surface area (Å²) >= 11 is 5.90. The van der Waals surface area contributed by atoms with Crippen LogP contribution in [0.3, 0.4) is 0 Å². The van der Waals surface area contributed by atoms with Crippen molar-refractivity contribution in [3.05, 3.63) is 64.3 Å². The van der Waals surface area contributed by atoms with Crippen LogP contribution in [-0.2, 0) is 11.3 Å². The fraction of sp³-hybridized carbons (Fsp3) is 0.333. The van der Waals surface area contributed by atoms with E-state index in [0.29, 0.717) is 36.9 Å². The highest BCUT2D eigenvalue weighted by molar-refractivity contribution is 6.30. The van der Waals surface area contributed by atoms with Gasteiger partial charge in [-0.25, -0.2) is 9.18 Å². The Labute approximate surface area is 205 Å². The molecule has 2 fully saturated rings. The molecule has 0 spiro atoms. The first-order chi connectivity index (χ1) is 16.9. The molecule has 0 radical (unpaired) electrons. The zero-order valence-electron chi connectivity index (χ0n) is 18.8. The Hall–Kier alpha value is -3.66. The lowest BCUT2D eigenvalue weighted by atomic mass is 10.0. The summed E-state index contributed by atoms with van der Waals surface area (Å²) in [5.41, 5.74) is 0.920. The summed E-state index contributed by atoms with van der Waals surface area (Å²) in [4.78, 5) is 30.5. The first kappa shape index (κ1) is 23.1. The van der Waals surface area contributed by atoms with Crippen LogP contribution in [0.1, 0.15) is 34.7 Å². The number of piperidine rings is 1. The molecule has 35 heavy (non-hydrogen) atoms. The third-order valence-electron chi connectivity index (χ3n) is 6.04. The molecular weight excluding hydrogens is 479 g/mol. The quantitative estimate of drug-likeness (QED) is 0.542. The number of fused-ring (bicyclic) bond motifs is 1. The van der Waals surface area contributed by atoms with Crippen LogP contribution < -0.4 is 10.1 Å². The Kier molecular flexibility index (Phi) is 6.29. The molecule has 0 bridgehead atoms. The third kappa shape index (κ3) is 4.93. The van der Waals surface area contributed by atoms with Crippen molar-refractivity contribution in [2.45, 2.75) is 38.5 Å². The maximum Gasteiger partial charge on any atom is 0.410 e. The van der Waals surface area contributed by atoms with Gasteiger partial charge < -0.3 is 24.2 Å². The van der Waals surface area contributed by atoms with E-state index in [2.05, 4.69) is 15.5 Å². The van der Waals surface area contributed by atoms with E-state index in [0.717, 1.165) is 5.56 Å². The zero-order valence-corrected chi connectivity index (χ0v) is 19.5. The first-order valence-corrected chi connectivity index (χ1v) is 11.5. The molecule has 2 aliphatic rings. The van der Waals surface area contributed by atoms with Crippen LogP contribution in [0.25, 0.3) is 11.4 Å². The Morgan fingerprint density at radius 1 is 1.31 bits per heavy atom. The summed E-state index contributed by atoms with van der Waals surface area (Å²) in [5, 5.41) is 7.18. The molecule has 2 aliphatic heterocycles. The molecule has 3 aromatic rings. The molecule has 2 amide bonds. The number of hydrogen-bond donors (Lipinski definition) is 1. The number of halogens is 2. The van der Waals surface area contributed by atoms with Gasteiger partial charge in [0, 0.05) is 37.9 Å². The van der Waals surface area contributed by atoms with Gasteiger partial charge in [-0.3, -0.25) is 4.79 Å². The molecule has 5 rings (SSSR count). The molecular formula is C24H22ClFN4O5. The molecule has 3 heterocycles. The van der Waals surface area contributed by atoms with E-state index in [4.69, 9.17) is 25.6 Å². The molecule has 2 saturated heterocycles. The Balaban J connectivity index is 1.39. The van der Waals surface area contributed by atoms with Crippen molar-refractivity contribution in [2.75, 3.05) is 13.2 Å². The van der Waals surface area contributed by atoms with Gasteiger partial charge in [-0.05, 0) is 29.8 Å². The number of carbonyl (C=O) groups is 2. The van der Waals surface area contributed by atoms with E-state index >= 15 is 4.39 Å². The summed E-state index contributed by atoms with van der Waals surface area (Å²) in [6, 6.07) is 9.43. The van der Waals surface area contributed by atoms with Crippen molar-refractivity contribution in [3.63, 3.8) is 0 Å². The average Bonchev–Trinajstić information content (AvgIpc) is 3.44. The fourth-order valence-corrected chi connectivity index (χ4v) is 4.36. The summed E-state index contributed by atoms with van der Waals surface area (Å²) in [5.74, 6) is -0.615. The molecule has 2 atom stereocenters. The van der Waals surface area contributed by atoms with Crippen LogP contribution in [0.2, 0.25) is 5.02 Å². The number of aromatic nitrogens is 2. The second kappa shape index (κ2) is 9.53. The van der Waals surface area contributed by atoms with Crippen LogP contribution in [0.4, 0.5) is 9.18 Å². The van der Waals surface area contributed by atoms with Crippen LogP contribution in [0.15, 0.2) is 40.9 Å². The first-order valence-electron chi connectivity index (χ1n) is 11.1. The van der Waals surface area contributed by atoms with E-state index in [-0.39, 0.29) is 47.5 Å². The van der Waals surface area contributed by atoms with E-state index in [9.17, 15) is 9.59 Å². The summed E-state index contributed by atoms with van der Waals surface area (Å²) in [6.45, 7) is 2.61. The largest absolute Gasteiger partial charge is 0.489 e. The standard InChI is InChI=1S/C24H22ClFN4O5/c1-13-28-22(29-35-13)19-9-20(26)18(23(31)27-11-14-2-4-15(25)5-3-14)10-21(19)34-17-6-7-30-16(8-17)12-33-24(30)32/h2-5,9-10,16-17H,6-8,11-12H2,1H3,(H,27,31)/t16-,17-/m0/s1. The molecule has 9 nitrogen and oxygen atoms in total. The Bertz CT molecular complexity index is 1270. The van der Waals surface area contributed by atoms with Gasteiger partial charge >= 0.3 is 6.09 Å². The predicted molar refractivity (Wildman–Crippen MR) is 123 cm³/mol. The highest BCUT2D eigenvalue weighted by Crippen LogP contribution is 2.34. The van der Waals surface area contributed by atoms with E-state index in [1.54, 1.807) is 36.1 Å². The number of amides is 2. The van der Waals surface area contributed by atoms with Gasteiger partial charge in [-0.1, -0.05) is 28.9 Å². The normalized spacial score (nSPS) is 19.3. The summed E-state index contributed by atoms with van der Waals surface area (Å²) in [6.07, 6.45) is 0.517. The Morgan fingerprint density at radius 3 is 2.86 bits per heavy atom. The molecule has 182 valence electrons. The Morgan fingerprint density at radius 2 is 2.11 bits per heavy atom. The van der Waals surface area contributed by atoms with Crippen LogP contribution in [-0.4, -0.2) is 52.3 Å². The molecule has 1 aromatic heterocycles. The second-order valence-electron chi connectivity index (χ2n) is 8.46. The van der Waals surface area contributed by atoms with Crippen molar-refractivity contribution in [3.8, 4) is 17.1 Å². The second-order valence-corrected chi connectivity index (χ2v) is 8.90. The fourth-order valence-electron chi connectivity index (χ4n) is 4.24. The molecule has 2 aromatic carbocycles. The van der Waals surface area contributed by atoms with Crippen LogP contribution in [0, 0.1) is 12.7 Å². The van der Waals surface area contributed by atoms with Gasteiger partial charge in [0.25, 0.3) is 5.91 Å². The SMILES string of the molecule is Cc1nc(-c2cc(F)c(C(=O)NCc3ccc(Cl)cc3)cc2O[C@H]2CCN3C(=O)OC[C@@H]3C2)no1. The summed E-state index contributed by atoms with van der Waals surface area (Å²) in [7, 11) is 0. The lowest BCUT2D eigenvalue weighted by Gasteiger charge is -2.32. The molecule has 0 saturated carbocycles. The van der Waals surface area contributed by atoms with Gasteiger partial charge in [0.15, 0.2) is 0 Å². The van der Waals surface area contributed by atoms with Crippen LogP contribution >= 0.6 is 11.6 Å². The van der Waals surface area contributed by atoms with Gasteiger partial charge in [-0.2, -0.15) is 4.98 Å². The minimum atomic E-state index is -0.743. The highest BCUT2D eigenvalue weighted by atomic mass is 35.5. The van der Waals surface area contributed by atoms with Gasteiger partial charge in [0.05, 0.1) is 17.2 Å². The minimum Gasteiger partial charge on any atom is -0.489 e. The van der Waals surface area contributed by atoms with Crippen molar-refractivity contribution >= 4 is 23.6 Å².